The van der Waals surface area contributed by atoms with Crippen LogP contribution in [0.4, 0.5) is 5.69 Å². The summed E-state index contributed by atoms with van der Waals surface area (Å²) in [5, 5.41) is 16.0. The zero-order valence-electron chi connectivity index (χ0n) is 11.3. The van der Waals surface area contributed by atoms with Gasteiger partial charge in [-0.1, -0.05) is 23.7 Å². The van der Waals surface area contributed by atoms with Crippen molar-refractivity contribution in [3.05, 3.63) is 59.1 Å². The Morgan fingerprint density at radius 3 is 2.41 bits per heavy atom. The number of nitrogens with one attached hydrogen (secondary N) is 2. The van der Waals surface area contributed by atoms with E-state index in [-0.39, 0.29) is 5.75 Å². The molecule has 112 valence electrons. The smallest absolute Gasteiger partial charge is 0.329 e. The highest BCUT2D eigenvalue weighted by atomic mass is 35.5. The highest BCUT2D eigenvalue weighted by molar-refractivity contribution is 6.39. The monoisotopic (exact) mass is 317 g/mol. The molecule has 0 saturated carbocycles. The normalized spacial score (nSPS) is 10.4. The van der Waals surface area contributed by atoms with E-state index in [1.807, 2.05) is 0 Å². The van der Waals surface area contributed by atoms with E-state index in [1.165, 1.54) is 12.3 Å². The number of carbonyl (C=O) groups excluding carboxylic acids is 2. The maximum atomic E-state index is 11.6. The second-order valence-corrected chi connectivity index (χ2v) is 4.66. The van der Waals surface area contributed by atoms with E-state index in [4.69, 9.17) is 11.6 Å². The van der Waals surface area contributed by atoms with Crippen molar-refractivity contribution in [1.29, 1.82) is 0 Å². The highest BCUT2D eigenvalue weighted by Gasteiger charge is 2.12. The molecule has 2 amide bonds. The summed E-state index contributed by atoms with van der Waals surface area (Å²) in [5.41, 5.74) is 2.93. The quantitative estimate of drug-likeness (QED) is 0.460. The van der Waals surface area contributed by atoms with E-state index < -0.39 is 11.8 Å². The first-order valence-corrected chi connectivity index (χ1v) is 6.62. The first kappa shape index (κ1) is 15.5. The van der Waals surface area contributed by atoms with Crippen LogP contribution < -0.4 is 10.7 Å². The molecule has 0 spiro atoms. The number of aromatic hydroxyl groups is 1. The SMILES string of the molecule is O=C(N/N=C\c1ccccc1O)C(=O)Nc1ccc(Cl)cc1. The minimum atomic E-state index is -0.929. The highest BCUT2D eigenvalue weighted by Crippen LogP contribution is 2.13. The van der Waals surface area contributed by atoms with Gasteiger partial charge in [-0.25, -0.2) is 5.43 Å². The van der Waals surface area contributed by atoms with Gasteiger partial charge in [-0.15, -0.1) is 0 Å². The van der Waals surface area contributed by atoms with E-state index in [0.717, 1.165) is 0 Å². The van der Waals surface area contributed by atoms with Crippen molar-refractivity contribution >= 4 is 35.3 Å². The number of nitrogens with zero attached hydrogens (tertiary/aromatic N) is 1. The van der Waals surface area contributed by atoms with E-state index >= 15 is 0 Å². The third-order valence-electron chi connectivity index (χ3n) is 2.61. The predicted molar refractivity (Wildman–Crippen MR) is 83.9 cm³/mol. The second-order valence-electron chi connectivity index (χ2n) is 4.22. The van der Waals surface area contributed by atoms with Crippen LogP contribution in [0.3, 0.4) is 0 Å². The first-order valence-electron chi connectivity index (χ1n) is 6.24. The number of hydrogen-bond acceptors (Lipinski definition) is 4. The maximum Gasteiger partial charge on any atom is 0.329 e. The van der Waals surface area contributed by atoms with Crippen LogP contribution in [0.25, 0.3) is 0 Å². The molecular weight excluding hydrogens is 306 g/mol. The third-order valence-corrected chi connectivity index (χ3v) is 2.87. The molecule has 0 fully saturated rings. The number of hydrogen-bond donors (Lipinski definition) is 3. The molecule has 2 aromatic carbocycles. The van der Waals surface area contributed by atoms with Gasteiger partial charge < -0.3 is 10.4 Å². The number of rotatable bonds is 3. The van der Waals surface area contributed by atoms with Gasteiger partial charge in [0.1, 0.15) is 5.75 Å². The van der Waals surface area contributed by atoms with Gasteiger partial charge in [0, 0.05) is 16.3 Å². The first-order chi connectivity index (χ1) is 10.6. The fraction of sp³-hybridized carbons (Fsp3) is 0. The number of para-hydroxylation sites is 1. The summed E-state index contributed by atoms with van der Waals surface area (Å²) in [5.74, 6) is -1.77. The summed E-state index contributed by atoms with van der Waals surface area (Å²) >= 11 is 5.72. The van der Waals surface area contributed by atoms with Crippen LogP contribution in [0, 0.1) is 0 Å². The van der Waals surface area contributed by atoms with Gasteiger partial charge in [0.05, 0.1) is 6.21 Å². The van der Waals surface area contributed by atoms with Gasteiger partial charge >= 0.3 is 11.8 Å². The van der Waals surface area contributed by atoms with Crippen LogP contribution >= 0.6 is 11.6 Å². The minimum Gasteiger partial charge on any atom is -0.507 e. The number of amides is 2. The van der Waals surface area contributed by atoms with Crippen molar-refractivity contribution in [3.63, 3.8) is 0 Å². The van der Waals surface area contributed by atoms with Gasteiger partial charge in [-0.05, 0) is 36.4 Å². The molecule has 0 saturated heterocycles. The summed E-state index contributed by atoms with van der Waals surface area (Å²) in [6, 6.07) is 12.8. The zero-order valence-corrected chi connectivity index (χ0v) is 12.0. The molecule has 6 nitrogen and oxygen atoms in total. The van der Waals surface area contributed by atoms with Gasteiger partial charge in [0.15, 0.2) is 0 Å². The molecule has 0 heterocycles. The topological polar surface area (TPSA) is 90.8 Å². The average molecular weight is 318 g/mol. The number of carbonyl (C=O) groups is 2. The van der Waals surface area contributed by atoms with Crippen LogP contribution in [0.2, 0.25) is 5.02 Å². The molecule has 0 aromatic heterocycles. The largest absolute Gasteiger partial charge is 0.507 e. The van der Waals surface area contributed by atoms with Crippen LogP contribution in [0.15, 0.2) is 53.6 Å². The van der Waals surface area contributed by atoms with Crippen molar-refractivity contribution in [1.82, 2.24) is 5.43 Å². The lowest BCUT2D eigenvalue weighted by molar-refractivity contribution is -0.136. The molecule has 2 rings (SSSR count). The van der Waals surface area contributed by atoms with E-state index in [9.17, 15) is 14.7 Å². The van der Waals surface area contributed by atoms with Crippen molar-refractivity contribution in [2.24, 2.45) is 5.10 Å². The van der Waals surface area contributed by atoms with Crippen LogP contribution in [-0.4, -0.2) is 23.1 Å². The number of phenolic OH excluding ortho intramolecular Hbond substituents is 1. The second kappa shape index (κ2) is 7.24. The number of phenols is 1. The summed E-state index contributed by atoms with van der Waals surface area (Å²) in [4.78, 5) is 23.2. The molecule has 0 aliphatic heterocycles. The average Bonchev–Trinajstić information content (AvgIpc) is 2.51. The molecule has 0 unspecified atom stereocenters. The molecule has 2 aromatic rings. The lowest BCUT2D eigenvalue weighted by atomic mass is 10.2. The number of halogens is 1. The summed E-state index contributed by atoms with van der Waals surface area (Å²) < 4.78 is 0. The molecule has 22 heavy (non-hydrogen) atoms. The van der Waals surface area contributed by atoms with E-state index in [1.54, 1.807) is 42.5 Å². The van der Waals surface area contributed by atoms with Crippen molar-refractivity contribution in [3.8, 4) is 5.75 Å². The lowest BCUT2D eigenvalue weighted by Crippen LogP contribution is -2.32. The molecule has 0 aliphatic rings. The summed E-state index contributed by atoms with van der Waals surface area (Å²) in [7, 11) is 0. The Morgan fingerprint density at radius 1 is 1.05 bits per heavy atom. The Labute approximate surface area is 131 Å². The maximum absolute atomic E-state index is 11.6. The molecular formula is C15H12ClN3O3. The third kappa shape index (κ3) is 4.32. The van der Waals surface area contributed by atoms with Gasteiger partial charge in [0.2, 0.25) is 0 Å². The Hall–Kier alpha value is -2.86. The Kier molecular flexibility index (Phi) is 5.11. The Morgan fingerprint density at radius 2 is 1.73 bits per heavy atom. The number of hydrazone groups is 1. The molecule has 0 atom stereocenters. The minimum absolute atomic E-state index is 0.0196. The van der Waals surface area contributed by atoms with E-state index in [0.29, 0.717) is 16.3 Å². The summed E-state index contributed by atoms with van der Waals surface area (Å²) in [6.45, 7) is 0. The number of benzene rings is 2. The van der Waals surface area contributed by atoms with Crippen molar-refractivity contribution in [2.45, 2.75) is 0 Å². The molecule has 3 N–H and O–H groups in total. The molecule has 0 bridgehead atoms. The fourth-order valence-corrected chi connectivity index (χ4v) is 1.65. The molecule has 0 radical (unpaired) electrons. The number of anilines is 1. The van der Waals surface area contributed by atoms with Crippen molar-refractivity contribution in [2.75, 3.05) is 5.32 Å². The molecule has 0 aliphatic carbocycles. The van der Waals surface area contributed by atoms with Crippen LogP contribution in [0.1, 0.15) is 5.56 Å². The van der Waals surface area contributed by atoms with Gasteiger partial charge in [0.25, 0.3) is 0 Å². The van der Waals surface area contributed by atoms with E-state index in [2.05, 4.69) is 15.8 Å². The predicted octanol–water partition coefficient (Wildman–Crippen LogP) is 2.13. The standard InChI is InChI=1S/C15H12ClN3O3/c16-11-5-7-12(8-6-11)18-14(21)15(22)19-17-9-10-3-1-2-4-13(10)20/h1-9,20H,(H,18,21)(H,19,22)/b17-9-. The van der Waals surface area contributed by atoms with Crippen LogP contribution in [0.5, 0.6) is 5.75 Å². The Bertz CT molecular complexity index is 714. The Balaban J connectivity index is 1.90. The van der Waals surface area contributed by atoms with Crippen LogP contribution in [-0.2, 0) is 9.59 Å². The fourth-order valence-electron chi connectivity index (χ4n) is 1.53. The van der Waals surface area contributed by atoms with Crippen molar-refractivity contribution < 1.29 is 14.7 Å². The molecule has 7 heteroatoms. The van der Waals surface area contributed by atoms with Gasteiger partial charge in [-0.2, -0.15) is 5.10 Å². The lowest BCUT2D eigenvalue weighted by Gasteiger charge is -2.03. The summed E-state index contributed by atoms with van der Waals surface area (Å²) in [6.07, 6.45) is 1.24. The zero-order chi connectivity index (χ0) is 15.9. The van der Waals surface area contributed by atoms with Gasteiger partial charge in [-0.3, -0.25) is 9.59 Å².